The van der Waals surface area contributed by atoms with Crippen molar-refractivity contribution >= 4 is 12.1 Å². The summed E-state index contributed by atoms with van der Waals surface area (Å²) in [7, 11) is 0. The Morgan fingerprint density at radius 2 is 1.33 bits per heavy atom. The zero-order valence-corrected chi connectivity index (χ0v) is 22.6. The molecule has 198 valence electrons. The van der Waals surface area contributed by atoms with Crippen molar-refractivity contribution in [2.75, 3.05) is 0 Å². The molecule has 36 heavy (non-hydrogen) atoms. The highest BCUT2D eigenvalue weighted by Gasteiger charge is 2.01. The van der Waals surface area contributed by atoms with Crippen LogP contribution in [0.3, 0.4) is 0 Å². The zero-order chi connectivity index (χ0) is 25.5. The number of carbonyl (C=O) groups is 1. The van der Waals surface area contributed by atoms with Gasteiger partial charge >= 0.3 is 0 Å². The van der Waals surface area contributed by atoms with Crippen LogP contribution >= 0.6 is 0 Å². The predicted molar refractivity (Wildman–Crippen MR) is 152 cm³/mol. The van der Waals surface area contributed by atoms with E-state index in [-0.39, 0.29) is 5.91 Å². The minimum Gasteiger partial charge on any atom is -0.489 e. The predicted octanol–water partition coefficient (Wildman–Crippen LogP) is 8.98. The van der Waals surface area contributed by atoms with Crippen LogP contribution < -0.4 is 10.2 Å². The highest BCUT2D eigenvalue weighted by atomic mass is 16.5. The van der Waals surface area contributed by atoms with Gasteiger partial charge in [-0.1, -0.05) is 139 Å². The summed E-state index contributed by atoms with van der Waals surface area (Å²) in [5.74, 6) is 0.768. The molecule has 0 saturated carbocycles. The van der Waals surface area contributed by atoms with Gasteiger partial charge in [0.25, 0.3) is 0 Å². The summed E-state index contributed by atoms with van der Waals surface area (Å²) in [5, 5.41) is 4.11. The first-order valence-electron chi connectivity index (χ1n) is 14.4. The molecule has 0 aromatic heterocycles. The van der Waals surface area contributed by atoms with Crippen LogP contribution in [0.1, 0.15) is 121 Å². The van der Waals surface area contributed by atoms with E-state index >= 15 is 0 Å². The van der Waals surface area contributed by atoms with E-state index in [2.05, 4.69) is 17.5 Å². The topological polar surface area (TPSA) is 50.7 Å². The number of nitrogens with one attached hydrogen (secondary N) is 1. The Bertz CT molecular complexity index is 835. The smallest absolute Gasteiger partial charge is 0.240 e. The molecule has 0 aliphatic heterocycles. The Morgan fingerprint density at radius 1 is 0.750 bits per heavy atom. The lowest BCUT2D eigenvalue weighted by atomic mass is 10.0. The molecule has 0 radical (unpaired) electrons. The highest BCUT2D eigenvalue weighted by Crippen LogP contribution is 2.15. The van der Waals surface area contributed by atoms with Gasteiger partial charge in [-0.25, -0.2) is 5.43 Å². The quantitative estimate of drug-likeness (QED) is 0.107. The maximum atomic E-state index is 12.0. The third kappa shape index (κ3) is 15.4. The Balaban J connectivity index is 1.43. The van der Waals surface area contributed by atoms with Gasteiger partial charge in [0, 0.05) is 6.42 Å². The molecule has 0 fully saturated rings. The third-order valence-electron chi connectivity index (χ3n) is 6.52. The lowest BCUT2D eigenvalue weighted by Crippen LogP contribution is -2.16. The summed E-state index contributed by atoms with van der Waals surface area (Å²) in [6, 6.07) is 17.8. The van der Waals surface area contributed by atoms with Crippen LogP contribution in [0.25, 0.3) is 0 Å². The monoisotopic (exact) mass is 492 g/mol. The molecule has 0 atom stereocenters. The van der Waals surface area contributed by atoms with Gasteiger partial charge in [0.1, 0.15) is 12.4 Å². The molecule has 0 bridgehead atoms. The average molecular weight is 493 g/mol. The standard InChI is InChI=1S/C32H48N2O2/c1-2-3-4-5-6-7-8-9-10-11-12-13-14-15-19-25-32(35)34-33-27-30-23-20-24-31(26-30)36-28-29-21-17-16-18-22-29/h16-18,20-24,26-27H,2-15,19,25,28H2,1H3,(H,34,35)/b33-27-. The molecule has 0 aliphatic rings. The molecule has 1 amide bonds. The fourth-order valence-electron chi connectivity index (χ4n) is 4.32. The fourth-order valence-corrected chi connectivity index (χ4v) is 4.32. The van der Waals surface area contributed by atoms with Gasteiger partial charge in [-0.15, -0.1) is 0 Å². The molecule has 0 heterocycles. The summed E-state index contributed by atoms with van der Waals surface area (Å²) >= 11 is 0. The molecule has 0 saturated heterocycles. The number of nitrogens with zero attached hydrogens (tertiary/aromatic N) is 1. The number of benzene rings is 2. The zero-order valence-electron chi connectivity index (χ0n) is 22.6. The Kier molecular flexibility index (Phi) is 16.9. The van der Waals surface area contributed by atoms with Crippen molar-refractivity contribution < 1.29 is 9.53 Å². The maximum Gasteiger partial charge on any atom is 0.240 e. The molecule has 2 aromatic rings. The molecule has 0 aliphatic carbocycles. The molecule has 1 N–H and O–H groups in total. The van der Waals surface area contributed by atoms with Crippen LogP contribution in [0, 0.1) is 0 Å². The van der Waals surface area contributed by atoms with E-state index in [9.17, 15) is 4.79 Å². The van der Waals surface area contributed by atoms with Gasteiger partial charge < -0.3 is 4.74 Å². The first-order chi connectivity index (χ1) is 17.8. The minimum absolute atomic E-state index is 0.0163. The maximum absolute atomic E-state index is 12.0. The van der Waals surface area contributed by atoms with E-state index in [4.69, 9.17) is 4.74 Å². The van der Waals surface area contributed by atoms with E-state index in [1.807, 2.05) is 54.6 Å². The van der Waals surface area contributed by atoms with E-state index in [0.29, 0.717) is 13.0 Å². The fraction of sp³-hybridized carbons (Fsp3) is 0.562. The van der Waals surface area contributed by atoms with Crippen molar-refractivity contribution in [2.45, 2.75) is 116 Å². The molecule has 0 spiro atoms. The first kappa shape index (κ1) is 29.6. The Labute approximate surface area is 219 Å². The third-order valence-corrected chi connectivity index (χ3v) is 6.52. The van der Waals surface area contributed by atoms with E-state index in [0.717, 1.165) is 29.7 Å². The minimum atomic E-state index is -0.0163. The van der Waals surface area contributed by atoms with Crippen molar-refractivity contribution in [3.05, 3.63) is 65.7 Å². The van der Waals surface area contributed by atoms with Gasteiger partial charge in [0.2, 0.25) is 5.91 Å². The van der Waals surface area contributed by atoms with Crippen molar-refractivity contribution in [2.24, 2.45) is 5.10 Å². The number of hydrogen-bond acceptors (Lipinski definition) is 3. The summed E-state index contributed by atoms with van der Waals surface area (Å²) < 4.78 is 5.85. The number of rotatable bonds is 21. The SMILES string of the molecule is CCCCCCCCCCCCCCCCCC(=O)N/N=C\c1cccc(OCc2ccccc2)c1. The van der Waals surface area contributed by atoms with Crippen molar-refractivity contribution in [3.8, 4) is 5.75 Å². The number of unbranched alkanes of at least 4 members (excludes halogenated alkanes) is 14. The van der Waals surface area contributed by atoms with Gasteiger partial charge in [-0.3, -0.25) is 4.79 Å². The summed E-state index contributed by atoms with van der Waals surface area (Å²) in [6.45, 7) is 2.80. The molecule has 2 rings (SSSR count). The lowest BCUT2D eigenvalue weighted by Gasteiger charge is -2.06. The first-order valence-corrected chi connectivity index (χ1v) is 14.4. The van der Waals surface area contributed by atoms with Gasteiger partial charge in [0.15, 0.2) is 0 Å². The number of hydrazone groups is 1. The number of hydrogen-bond donors (Lipinski definition) is 1. The molecule has 2 aromatic carbocycles. The summed E-state index contributed by atoms with van der Waals surface area (Å²) in [4.78, 5) is 12.0. The highest BCUT2D eigenvalue weighted by molar-refractivity contribution is 5.82. The normalized spacial score (nSPS) is 11.1. The van der Waals surface area contributed by atoms with Crippen molar-refractivity contribution in [1.82, 2.24) is 5.43 Å². The number of ether oxygens (including phenoxy) is 1. The Morgan fingerprint density at radius 3 is 1.94 bits per heavy atom. The van der Waals surface area contributed by atoms with Crippen LogP contribution in [-0.2, 0) is 11.4 Å². The summed E-state index contributed by atoms with van der Waals surface area (Å²) in [6.07, 6.45) is 22.1. The van der Waals surface area contributed by atoms with Gasteiger partial charge in [-0.2, -0.15) is 5.10 Å². The second-order valence-corrected chi connectivity index (χ2v) is 9.84. The van der Waals surface area contributed by atoms with Gasteiger partial charge in [0.05, 0.1) is 6.21 Å². The molecule has 4 nitrogen and oxygen atoms in total. The second kappa shape index (κ2) is 20.6. The Hall–Kier alpha value is -2.62. The molecular weight excluding hydrogens is 444 g/mol. The second-order valence-electron chi connectivity index (χ2n) is 9.84. The van der Waals surface area contributed by atoms with Crippen LogP contribution in [0.5, 0.6) is 5.75 Å². The number of amides is 1. The van der Waals surface area contributed by atoms with Crippen LogP contribution in [0.2, 0.25) is 0 Å². The van der Waals surface area contributed by atoms with Crippen LogP contribution in [0.15, 0.2) is 59.7 Å². The number of carbonyl (C=O) groups excluding carboxylic acids is 1. The van der Waals surface area contributed by atoms with E-state index in [1.165, 1.54) is 83.5 Å². The van der Waals surface area contributed by atoms with Gasteiger partial charge in [-0.05, 0) is 29.7 Å². The molecule has 0 unspecified atom stereocenters. The van der Waals surface area contributed by atoms with Crippen molar-refractivity contribution in [1.29, 1.82) is 0 Å². The largest absolute Gasteiger partial charge is 0.489 e. The van der Waals surface area contributed by atoms with Crippen LogP contribution in [0.4, 0.5) is 0 Å². The summed E-state index contributed by atoms with van der Waals surface area (Å²) in [5.41, 5.74) is 4.67. The molecular formula is C32H48N2O2. The van der Waals surface area contributed by atoms with E-state index in [1.54, 1.807) is 6.21 Å². The molecule has 4 heteroatoms. The average Bonchev–Trinajstić information content (AvgIpc) is 2.90. The lowest BCUT2D eigenvalue weighted by molar-refractivity contribution is -0.121. The van der Waals surface area contributed by atoms with Crippen molar-refractivity contribution in [3.63, 3.8) is 0 Å². The van der Waals surface area contributed by atoms with Crippen LogP contribution in [-0.4, -0.2) is 12.1 Å². The van der Waals surface area contributed by atoms with E-state index < -0.39 is 0 Å².